The molecule has 0 bridgehead atoms. The Labute approximate surface area is 142 Å². The average Bonchev–Trinajstić information content (AvgIpc) is 2.51. The third-order valence-electron chi connectivity index (χ3n) is 3.61. The number of rotatable bonds is 2. The Morgan fingerprint density at radius 3 is 2.38 bits per heavy atom. The van der Waals surface area contributed by atoms with Gasteiger partial charge in [0.05, 0.1) is 0 Å². The molecule has 2 rings (SSSR count). The van der Waals surface area contributed by atoms with Gasteiger partial charge in [0.15, 0.2) is 0 Å². The van der Waals surface area contributed by atoms with Gasteiger partial charge in [-0.2, -0.15) is 0 Å². The lowest BCUT2D eigenvalue weighted by atomic mass is 10.2. The molecular weight excluding hydrogens is 308 g/mol. The van der Waals surface area contributed by atoms with Crippen molar-refractivity contribution >= 4 is 17.8 Å². The number of benzene rings is 1. The van der Waals surface area contributed by atoms with Gasteiger partial charge in [-0.25, -0.2) is 9.59 Å². The van der Waals surface area contributed by atoms with E-state index < -0.39 is 5.60 Å². The van der Waals surface area contributed by atoms with Gasteiger partial charge in [0.1, 0.15) is 5.60 Å². The van der Waals surface area contributed by atoms with Crippen molar-refractivity contribution < 1.29 is 14.3 Å². The van der Waals surface area contributed by atoms with Crippen molar-refractivity contribution in [1.82, 2.24) is 15.1 Å². The zero-order valence-corrected chi connectivity index (χ0v) is 14.5. The van der Waals surface area contributed by atoms with E-state index >= 15 is 0 Å². The van der Waals surface area contributed by atoms with Crippen LogP contribution in [-0.2, 0) is 11.3 Å². The topological polar surface area (TPSA) is 87.9 Å². The molecule has 24 heavy (non-hydrogen) atoms. The second-order valence-corrected chi connectivity index (χ2v) is 6.86. The van der Waals surface area contributed by atoms with Gasteiger partial charge in [0.25, 0.3) is 0 Å². The van der Waals surface area contributed by atoms with Crippen LogP contribution in [0.4, 0.5) is 15.3 Å². The Hall–Kier alpha value is -2.44. The Morgan fingerprint density at radius 1 is 1.17 bits per heavy atom. The van der Waals surface area contributed by atoms with Crippen LogP contribution in [-0.4, -0.2) is 53.7 Å². The number of carbonyl (C=O) groups excluding carboxylic acids is 2. The summed E-state index contributed by atoms with van der Waals surface area (Å²) in [6, 6.07) is 7.27. The second kappa shape index (κ2) is 7.42. The number of nitrogens with one attached hydrogen (secondary N) is 1. The van der Waals surface area contributed by atoms with Crippen LogP contribution < -0.4 is 11.1 Å². The van der Waals surface area contributed by atoms with Crippen LogP contribution in [0.2, 0.25) is 0 Å². The maximum atomic E-state index is 12.2. The molecule has 1 aliphatic heterocycles. The van der Waals surface area contributed by atoms with Gasteiger partial charge in [-0.15, -0.1) is 0 Å². The van der Waals surface area contributed by atoms with Crippen molar-refractivity contribution in [2.24, 2.45) is 0 Å². The molecule has 7 nitrogen and oxygen atoms in total. The summed E-state index contributed by atoms with van der Waals surface area (Å²) in [7, 11) is 0. The van der Waals surface area contributed by atoms with Gasteiger partial charge in [-0.3, -0.25) is 0 Å². The highest BCUT2D eigenvalue weighted by Crippen LogP contribution is 2.12. The van der Waals surface area contributed by atoms with Crippen LogP contribution in [0.5, 0.6) is 0 Å². The van der Waals surface area contributed by atoms with Crippen molar-refractivity contribution in [2.45, 2.75) is 32.9 Å². The first-order chi connectivity index (χ1) is 11.2. The Balaban J connectivity index is 1.77. The molecule has 0 unspecified atom stereocenters. The predicted molar refractivity (Wildman–Crippen MR) is 92.5 cm³/mol. The summed E-state index contributed by atoms with van der Waals surface area (Å²) in [6.07, 6.45) is -0.331. The zero-order chi connectivity index (χ0) is 17.7. The number of piperazine rings is 1. The van der Waals surface area contributed by atoms with E-state index in [9.17, 15) is 9.59 Å². The molecule has 7 heteroatoms. The largest absolute Gasteiger partial charge is 0.444 e. The average molecular weight is 334 g/mol. The summed E-state index contributed by atoms with van der Waals surface area (Å²) in [4.78, 5) is 27.5. The number of nitrogens with zero attached hydrogens (tertiary/aromatic N) is 2. The smallest absolute Gasteiger partial charge is 0.410 e. The quantitative estimate of drug-likeness (QED) is 0.810. The van der Waals surface area contributed by atoms with Crippen molar-refractivity contribution in [3.8, 4) is 0 Å². The van der Waals surface area contributed by atoms with Gasteiger partial charge in [0.2, 0.25) is 0 Å². The number of nitrogens with two attached hydrogens (primary N) is 1. The molecule has 132 valence electrons. The van der Waals surface area contributed by atoms with Crippen LogP contribution in [0.3, 0.4) is 0 Å². The van der Waals surface area contributed by atoms with E-state index in [1.54, 1.807) is 15.9 Å². The number of nitrogen functional groups attached to an aromatic ring is 1. The molecular formula is C17H26N4O3. The number of hydrogen-bond donors (Lipinski definition) is 2. The van der Waals surface area contributed by atoms with Crippen LogP contribution in [0.25, 0.3) is 0 Å². The molecule has 3 N–H and O–H groups in total. The molecule has 0 aliphatic carbocycles. The molecule has 1 aromatic rings. The van der Waals surface area contributed by atoms with E-state index in [0.29, 0.717) is 38.4 Å². The summed E-state index contributed by atoms with van der Waals surface area (Å²) < 4.78 is 5.35. The summed E-state index contributed by atoms with van der Waals surface area (Å²) in [5.74, 6) is 0. The van der Waals surface area contributed by atoms with E-state index in [4.69, 9.17) is 10.5 Å². The van der Waals surface area contributed by atoms with Crippen LogP contribution >= 0.6 is 0 Å². The molecule has 1 aliphatic rings. The number of amides is 3. The van der Waals surface area contributed by atoms with Gasteiger partial charge in [-0.05, 0) is 38.5 Å². The zero-order valence-electron chi connectivity index (χ0n) is 14.5. The molecule has 1 fully saturated rings. The molecule has 1 heterocycles. The van der Waals surface area contributed by atoms with Crippen LogP contribution in [0, 0.1) is 0 Å². The molecule has 1 aromatic carbocycles. The minimum Gasteiger partial charge on any atom is -0.444 e. The third kappa shape index (κ3) is 5.33. The van der Waals surface area contributed by atoms with Gasteiger partial charge < -0.3 is 25.6 Å². The summed E-state index contributed by atoms with van der Waals surface area (Å²) in [5.41, 5.74) is 6.84. The van der Waals surface area contributed by atoms with E-state index in [2.05, 4.69) is 5.32 Å². The fourth-order valence-corrected chi connectivity index (χ4v) is 2.41. The molecule has 0 radical (unpaired) electrons. The number of hydrogen-bond acceptors (Lipinski definition) is 4. The van der Waals surface area contributed by atoms with Crippen LogP contribution in [0.1, 0.15) is 26.3 Å². The molecule has 0 saturated carbocycles. The van der Waals surface area contributed by atoms with E-state index in [1.807, 2.05) is 39.0 Å². The predicted octanol–water partition coefficient (Wildman–Crippen LogP) is 2.03. The van der Waals surface area contributed by atoms with Crippen LogP contribution in [0.15, 0.2) is 24.3 Å². The van der Waals surface area contributed by atoms with Crippen molar-refractivity contribution in [2.75, 3.05) is 31.9 Å². The van der Waals surface area contributed by atoms with Gasteiger partial charge in [0, 0.05) is 38.4 Å². The minimum atomic E-state index is -0.511. The van der Waals surface area contributed by atoms with E-state index in [1.165, 1.54) is 0 Å². The van der Waals surface area contributed by atoms with E-state index in [-0.39, 0.29) is 12.1 Å². The van der Waals surface area contributed by atoms with E-state index in [0.717, 1.165) is 5.56 Å². The number of urea groups is 1. The summed E-state index contributed by atoms with van der Waals surface area (Å²) in [6.45, 7) is 7.86. The monoisotopic (exact) mass is 334 g/mol. The SMILES string of the molecule is CC(C)(C)OC(=O)N1CCN(C(=O)NCc2cccc(N)c2)CC1. The number of carbonyl (C=O) groups is 2. The molecule has 0 aromatic heterocycles. The lowest BCUT2D eigenvalue weighted by molar-refractivity contribution is 0.0170. The first-order valence-electron chi connectivity index (χ1n) is 8.10. The lowest BCUT2D eigenvalue weighted by Gasteiger charge is -2.35. The first-order valence-corrected chi connectivity index (χ1v) is 8.10. The number of anilines is 1. The first kappa shape index (κ1) is 17.9. The lowest BCUT2D eigenvalue weighted by Crippen LogP contribution is -2.53. The highest BCUT2D eigenvalue weighted by Gasteiger charge is 2.27. The molecule has 0 atom stereocenters. The molecule has 1 saturated heterocycles. The Bertz CT molecular complexity index is 590. The Morgan fingerprint density at radius 2 is 1.79 bits per heavy atom. The molecule has 0 spiro atoms. The second-order valence-electron chi connectivity index (χ2n) is 6.86. The van der Waals surface area contributed by atoms with Crippen molar-refractivity contribution in [1.29, 1.82) is 0 Å². The fourth-order valence-electron chi connectivity index (χ4n) is 2.41. The van der Waals surface area contributed by atoms with Gasteiger partial charge >= 0.3 is 12.1 Å². The van der Waals surface area contributed by atoms with Crippen molar-refractivity contribution in [3.05, 3.63) is 29.8 Å². The maximum absolute atomic E-state index is 12.2. The molecule has 3 amide bonds. The highest BCUT2D eigenvalue weighted by atomic mass is 16.6. The minimum absolute atomic E-state index is 0.138. The number of ether oxygens (including phenoxy) is 1. The summed E-state index contributed by atoms with van der Waals surface area (Å²) >= 11 is 0. The fraction of sp³-hybridized carbons (Fsp3) is 0.529. The third-order valence-corrected chi connectivity index (χ3v) is 3.61. The Kier molecular flexibility index (Phi) is 5.54. The maximum Gasteiger partial charge on any atom is 0.410 e. The highest BCUT2D eigenvalue weighted by molar-refractivity contribution is 5.75. The standard InChI is InChI=1S/C17H26N4O3/c1-17(2,3)24-16(23)21-9-7-20(8-10-21)15(22)19-12-13-5-4-6-14(18)11-13/h4-6,11H,7-10,12,18H2,1-3H3,(H,19,22). The van der Waals surface area contributed by atoms with Gasteiger partial charge in [-0.1, -0.05) is 12.1 Å². The summed E-state index contributed by atoms with van der Waals surface area (Å²) in [5, 5.41) is 2.87. The normalized spacial score (nSPS) is 15.1. The van der Waals surface area contributed by atoms with Crippen molar-refractivity contribution in [3.63, 3.8) is 0 Å².